The predicted octanol–water partition coefficient (Wildman–Crippen LogP) is 2.22. The van der Waals surface area contributed by atoms with E-state index in [1.165, 1.54) is 12.4 Å². The molecule has 5 nitrogen and oxygen atoms in total. The van der Waals surface area contributed by atoms with Gasteiger partial charge < -0.3 is 11.1 Å². The first kappa shape index (κ1) is 14.9. The lowest BCUT2D eigenvalue weighted by molar-refractivity contribution is -0.119. The van der Waals surface area contributed by atoms with Gasteiger partial charge in [-0.2, -0.15) is 0 Å². The van der Waals surface area contributed by atoms with E-state index in [1.54, 1.807) is 0 Å². The Balaban J connectivity index is 2.40. The Labute approximate surface area is 112 Å². The van der Waals surface area contributed by atoms with Crippen LogP contribution in [-0.2, 0) is 4.79 Å². The third kappa shape index (κ3) is 5.42. The molecule has 0 aliphatic carbocycles. The maximum Gasteiger partial charge on any atom is 0.228 e. The maximum atomic E-state index is 11.9. The van der Waals surface area contributed by atoms with Crippen LogP contribution < -0.4 is 11.1 Å². The Morgan fingerprint density at radius 2 is 2.17 bits per heavy atom. The smallest absolute Gasteiger partial charge is 0.228 e. The van der Waals surface area contributed by atoms with Crippen LogP contribution in [0.15, 0.2) is 12.4 Å². The van der Waals surface area contributed by atoms with Crippen LogP contribution >= 0.6 is 11.6 Å². The van der Waals surface area contributed by atoms with Crippen molar-refractivity contribution in [3.63, 3.8) is 0 Å². The number of amides is 1. The lowest BCUT2D eigenvalue weighted by Gasteiger charge is -2.12. The van der Waals surface area contributed by atoms with Crippen molar-refractivity contribution in [3.8, 4) is 0 Å². The van der Waals surface area contributed by atoms with Gasteiger partial charge in [0.25, 0.3) is 0 Å². The second kappa shape index (κ2) is 7.28. The van der Waals surface area contributed by atoms with Crippen molar-refractivity contribution in [2.75, 3.05) is 5.32 Å². The topological polar surface area (TPSA) is 80.9 Å². The van der Waals surface area contributed by atoms with E-state index >= 15 is 0 Å². The van der Waals surface area contributed by atoms with Crippen LogP contribution in [0.4, 0.5) is 5.82 Å². The summed E-state index contributed by atoms with van der Waals surface area (Å²) in [4.78, 5) is 19.5. The van der Waals surface area contributed by atoms with Crippen LogP contribution in [-0.4, -0.2) is 21.9 Å². The third-order valence-corrected chi connectivity index (χ3v) is 2.84. The molecule has 0 spiro atoms. The number of hydrogen-bond acceptors (Lipinski definition) is 4. The first-order valence-corrected chi connectivity index (χ1v) is 6.41. The Morgan fingerprint density at radius 1 is 1.44 bits per heavy atom. The van der Waals surface area contributed by atoms with Crippen molar-refractivity contribution in [1.82, 2.24) is 9.97 Å². The number of nitrogens with one attached hydrogen (secondary N) is 1. The minimum Gasteiger partial charge on any atom is -0.328 e. The highest BCUT2D eigenvalue weighted by Crippen LogP contribution is 2.13. The molecule has 0 aliphatic heterocycles. The highest BCUT2D eigenvalue weighted by Gasteiger charge is 2.13. The molecule has 18 heavy (non-hydrogen) atoms. The zero-order valence-electron chi connectivity index (χ0n) is 10.7. The molecule has 1 aromatic heterocycles. The van der Waals surface area contributed by atoms with Crippen LogP contribution in [0.5, 0.6) is 0 Å². The highest BCUT2D eigenvalue weighted by molar-refractivity contribution is 6.29. The lowest BCUT2D eigenvalue weighted by atomic mass is 10.0. The molecule has 2 atom stereocenters. The molecule has 6 heteroatoms. The van der Waals surface area contributed by atoms with Gasteiger partial charge in [0.15, 0.2) is 0 Å². The fourth-order valence-corrected chi connectivity index (χ4v) is 1.68. The molecule has 0 aromatic carbocycles. The monoisotopic (exact) mass is 270 g/mol. The molecule has 0 aliphatic rings. The number of halogens is 1. The number of hydrogen-bond donors (Lipinski definition) is 2. The van der Waals surface area contributed by atoms with Crippen LogP contribution in [0, 0.1) is 5.92 Å². The number of carbonyl (C=O) groups excluding carboxylic acids is 1. The van der Waals surface area contributed by atoms with Gasteiger partial charge in [-0.05, 0) is 19.8 Å². The summed E-state index contributed by atoms with van der Waals surface area (Å²) in [6.45, 7) is 3.85. The van der Waals surface area contributed by atoms with E-state index in [1.807, 2.05) is 13.8 Å². The SMILES string of the molecule is CC(N)CCCC(C)C(=O)Nc1cc(Cl)ncn1. The predicted molar refractivity (Wildman–Crippen MR) is 72.3 cm³/mol. The molecule has 2 unspecified atom stereocenters. The molecule has 0 saturated carbocycles. The summed E-state index contributed by atoms with van der Waals surface area (Å²) in [5.74, 6) is 0.297. The summed E-state index contributed by atoms with van der Waals surface area (Å²) in [7, 11) is 0. The minimum absolute atomic E-state index is 0.0607. The molecule has 3 N–H and O–H groups in total. The summed E-state index contributed by atoms with van der Waals surface area (Å²) in [5, 5.41) is 3.02. The zero-order chi connectivity index (χ0) is 13.5. The number of nitrogens with two attached hydrogens (primary N) is 1. The van der Waals surface area contributed by atoms with E-state index in [0.717, 1.165) is 19.3 Å². The van der Waals surface area contributed by atoms with Gasteiger partial charge in [-0.3, -0.25) is 4.79 Å². The molecule has 100 valence electrons. The van der Waals surface area contributed by atoms with Crippen molar-refractivity contribution in [1.29, 1.82) is 0 Å². The summed E-state index contributed by atoms with van der Waals surface area (Å²) in [6.07, 6.45) is 4.00. The molecule has 1 heterocycles. The van der Waals surface area contributed by atoms with Crippen molar-refractivity contribution in [2.24, 2.45) is 11.7 Å². The number of carbonyl (C=O) groups is 1. The number of rotatable bonds is 6. The quantitative estimate of drug-likeness (QED) is 0.777. The average molecular weight is 271 g/mol. The molecular weight excluding hydrogens is 252 g/mol. The standard InChI is InChI=1S/C12H19ClN4O/c1-8(4-3-5-9(2)14)12(18)17-11-6-10(13)15-7-16-11/h6-9H,3-5,14H2,1-2H3,(H,15,16,17,18). The van der Waals surface area contributed by atoms with Gasteiger partial charge in [-0.25, -0.2) is 9.97 Å². The second-order valence-corrected chi connectivity index (χ2v) is 4.91. The molecule has 0 radical (unpaired) electrons. The van der Waals surface area contributed by atoms with Gasteiger partial charge in [0.05, 0.1) is 0 Å². The Morgan fingerprint density at radius 3 is 2.78 bits per heavy atom. The van der Waals surface area contributed by atoms with Crippen molar-refractivity contribution < 1.29 is 4.79 Å². The van der Waals surface area contributed by atoms with E-state index in [2.05, 4.69) is 15.3 Å². The van der Waals surface area contributed by atoms with Crippen molar-refractivity contribution in [3.05, 3.63) is 17.5 Å². The van der Waals surface area contributed by atoms with Crippen LogP contribution in [0.2, 0.25) is 5.15 Å². The summed E-state index contributed by atoms with van der Waals surface area (Å²) in [6, 6.07) is 1.70. The highest BCUT2D eigenvalue weighted by atomic mass is 35.5. The van der Waals surface area contributed by atoms with Gasteiger partial charge in [-0.1, -0.05) is 24.9 Å². The summed E-state index contributed by atoms with van der Waals surface area (Å²) in [5.41, 5.74) is 5.66. The van der Waals surface area contributed by atoms with E-state index in [9.17, 15) is 4.79 Å². The molecule has 0 bridgehead atoms. The van der Waals surface area contributed by atoms with E-state index in [0.29, 0.717) is 11.0 Å². The zero-order valence-corrected chi connectivity index (χ0v) is 11.4. The number of nitrogens with zero attached hydrogens (tertiary/aromatic N) is 2. The third-order valence-electron chi connectivity index (χ3n) is 2.63. The normalized spacial score (nSPS) is 14.0. The molecular formula is C12H19ClN4O. The molecule has 0 fully saturated rings. The van der Waals surface area contributed by atoms with Gasteiger partial charge in [-0.15, -0.1) is 0 Å². The van der Waals surface area contributed by atoms with Crippen molar-refractivity contribution >= 4 is 23.3 Å². The Hall–Kier alpha value is -1.20. The fraction of sp³-hybridized carbons (Fsp3) is 0.583. The first-order valence-electron chi connectivity index (χ1n) is 6.03. The summed E-state index contributed by atoms with van der Waals surface area (Å²) >= 11 is 5.71. The van der Waals surface area contributed by atoms with Crippen LogP contribution in [0.3, 0.4) is 0 Å². The molecule has 0 saturated heterocycles. The Kier molecular flexibility index (Phi) is 6.01. The van der Waals surface area contributed by atoms with Crippen molar-refractivity contribution in [2.45, 2.75) is 39.2 Å². The first-order chi connectivity index (χ1) is 8.49. The molecule has 1 amide bonds. The van der Waals surface area contributed by atoms with Gasteiger partial charge in [0.2, 0.25) is 5.91 Å². The van der Waals surface area contributed by atoms with E-state index in [4.69, 9.17) is 17.3 Å². The van der Waals surface area contributed by atoms with Gasteiger partial charge >= 0.3 is 0 Å². The number of aromatic nitrogens is 2. The van der Waals surface area contributed by atoms with Crippen LogP contribution in [0.1, 0.15) is 33.1 Å². The number of anilines is 1. The van der Waals surface area contributed by atoms with E-state index in [-0.39, 0.29) is 17.9 Å². The summed E-state index contributed by atoms with van der Waals surface area (Å²) < 4.78 is 0. The fourth-order valence-electron chi connectivity index (χ4n) is 1.53. The van der Waals surface area contributed by atoms with Crippen LogP contribution in [0.25, 0.3) is 0 Å². The average Bonchev–Trinajstić information content (AvgIpc) is 2.28. The molecule has 1 rings (SSSR count). The molecule has 1 aromatic rings. The van der Waals surface area contributed by atoms with Gasteiger partial charge in [0, 0.05) is 18.0 Å². The lowest BCUT2D eigenvalue weighted by Crippen LogP contribution is -2.22. The Bertz CT molecular complexity index is 397. The maximum absolute atomic E-state index is 11.9. The second-order valence-electron chi connectivity index (χ2n) is 4.52. The minimum atomic E-state index is -0.0718. The van der Waals surface area contributed by atoms with Gasteiger partial charge in [0.1, 0.15) is 17.3 Å². The largest absolute Gasteiger partial charge is 0.328 e. The van der Waals surface area contributed by atoms with E-state index < -0.39 is 0 Å².